The van der Waals surface area contributed by atoms with Crippen LogP contribution >= 0.6 is 0 Å². The smallest absolute Gasteiger partial charge is 0.341 e. The summed E-state index contributed by atoms with van der Waals surface area (Å²) in [5, 5.41) is 8.86. The lowest BCUT2D eigenvalue weighted by atomic mass is 10.1. The maximum Gasteiger partial charge on any atom is 0.341 e. The van der Waals surface area contributed by atoms with Crippen LogP contribution in [0.2, 0.25) is 0 Å². The Kier molecular flexibility index (Phi) is 5.12. The van der Waals surface area contributed by atoms with E-state index in [1.54, 1.807) is 18.3 Å². The SMILES string of the molecule is CCN(CC(C)C#N)c1ncccc1C(=O)OC. The number of aromatic nitrogens is 1. The van der Waals surface area contributed by atoms with Gasteiger partial charge in [-0.05, 0) is 26.0 Å². The molecule has 96 valence electrons. The van der Waals surface area contributed by atoms with Gasteiger partial charge in [-0.1, -0.05) is 0 Å². The number of rotatable bonds is 5. The van der Waals surface area contributed by atoms with Crippen molar-refractivity contribution in [2.24, 2.45) is 5.92 Å². The van der Waals surface area contributed by atoms with Crippen LogP contribution in [0.3, 0.4) is 0 Å². The molecule has 1 unspecified atom stereocenters. The first-order valence-electron chi connectivity index (χ1n) is 5.81. The van der Waals surface area contributed by atoms with E-state index < -0.39 is 5.97 Å². The van der Waals surface area contributed by atoms with E-state index in [9.17, 15) is 4.79 Å². The number of carbonyl (C=O) groups is 1. The summed E-state index contributed by atoms with van der Waals surface area (Å²) in [5.41, 5.74) is 0.423. The second kappa shape index (κ2) is 6.60. The Morgan fingerprint density at radius 3 is 2.94 bits per heavy atom. The van der Waals surface area contributed by atoms with E-state index in [0.29, 0.717) is 24.5 Å². The van der Waals surface area contributed by atoms with E-state index in [2.05, 4.69) is 11.1 Å². The molecule has 0 fully saturated rings. The summed E-state index contributed by atoms with van der Waals surface area (Å²) in [6.45, 7) is 5.00. The average molecular weight is 247 g/mol. The molecule has 0 aromatic carbocycles. The van der Waals surface area contributed by atoms with Gasteiger partial charge < -0.3 is 9.64 Å². The molecule has 0 aliphatic carbocycles. The standard InChI is InChI=1S/C13H17N3O2/c1-4-16(9-10(2)8-14)12-11(13(17)18-3)6-5-7-15-12/h5-7,10H,4,9H2,1-3H3. The zero-order chi connectivity index (χ0) is 13.5. The number of methoxy groups -OCH3 is 1. The van der Waals surface area contributed by atoms with E-state index in [1.165, 1.54) is 7.11 Å². The van der Waals surface area contributed by atoms with Gasteiger partial charge >= 0.3 is 5.97 Å². The predicted octanol–water partition coefficient (Wildman–Crippen LogP) is 1.85. The minimum absolute atomic E-state index is 0.127. The zero-order valence-electron chi connectivity index (χ0n) is 10.9. The van der Waals surface area contributed by atoms with Gasteiger partial charge in [-0.25, -0.2) is 9.78 Å². The number of anilines is 1. The van der Waals surface area contributed by atoms with Gasteiger partial charge in [0.25, 0.3) is 0 Å². The zero-order valence-corrected chi connectivity index (χ0v) is 10.9. The van der Waals surface area contributed by atoms with Gasteiger partial charge in [0.05, 0.1) is 19.1 Å². The van der Waals surface area contributed by atoms with Crippen molar-refractivity contribution < 1.29 is 9.53 Å². The maximum absolute atomic E-state index is 11.7. The number of nitriles is 1. The van der Waals surface area contributed by atoms with E-state index in [0.717, 1.165) is 0 Å². The van der Waals surface area contributed by atoms with Gasteiger partial charge in [0.15, 0.2) is 0 Å². The predicted molar refractivity (Wildman–Crippen MR) is 68.2 cm³/mol. The van der Waals surface area contributed by atoms with Gasteiger partial charge in [-0.2, -0.15) is 5.26 Å². The first-order chi connectivity index (χ1) is 8.63. The summed E-state index contributed by atoms with van der Waals surface area (Å²) in [6.07, 6.45) is 1.63. The monoisotopic (exact) mass is 247 g/mol. The summed E-state index contributed by atoms with van der Waals surface area (Å²) in [7, 11) is 1.34. The van der Waals surface area contributed by atoms with Crippen LogP contribution in [-0.2, 0) is 4.74 Å². The Morgan fingerprint density at radius 1 is 1.67 bits per heavy atom. The molecule has 1 aromatic rings. The van der Waals surface area contributed by atoms with Crippen molar-refractivity contribution in [2.75, 3.05) is 25.1 Å². The van der Waals surface area contributed by atoms with E-state index >= 15 is 0 Å². The Labute approximate surface area is 107 Å². The number of carbonyl (C=O) groups excluding carboxylic acids is 1. The Morgan fingerprint density at radius 2 is 2.39 bits per heavy atom. The van der Waals surface area contributed by atoms with Crippen LogP contribution in [0.15, 0.2) is 18.3 Å². The molecular weight excluding hydrogens is 230 g/mol. The van der Waals surface area contributed by atoms with Crippen molar-refractivity contribution in [2.45, 2.75) is 13.8 Å². The molecule has 0 bridgehead atoms. The summed E-state index contributed by atoms with van der Waals surface area (Å²) < 4.78 is 4.73. The first-order valence-corrected chi connectivity index (χ1v) is 5.81. The third-order valence-electron chi connectivity index (χ3n) is 2.59. The second-order valence-corrected chi connectivity index (χ2v) is 3.93. The topological polar surface area (TPSA) is 66.2 Å². The number of hydrogen-bond acceptors (Lipinski definition) is 5. The Bertz CT molecular complexity index is 454. The van der Waals surface area contributed by atoms with Crippen LogP contribution < -0.4 is 4.90 Å². The molecule has 0 N–H and O–H groups in total. The van der Waals surface area contributed by atoms with Crippen LogP contribution in [0, 0.1) is 17.2 Å². The number of ether oxygens (including phenoxy) is 1. The first kappa shape index (κ1) is 14.0. The third kappa shape index (κ3) is 3.20. The number of nitrogens with zero attached hydrogens (tertiary/aromatic N) is 3. The molecule has 1 aromatic heterocycles. The number of esters is 1. The molecule has 1 atom stereocenters. The highest BCUT2D eigenvalue weighted by molar-refractivity contribution is 5.94. The lowest BCUT2D eigenvalue weighted by molar-refractivity contribution is 0.0601. The quantitative estimate of drug-likeness (QED) is 0.743. The van der Waals surface area contributed by atoms with Gasteiger partial charge in [0.1, 0.15) is 11.4 Å². The van der Waals surface area contributed by atoms with Crippen molar-refractivity contribution >= 4 is 11.8 Å². The number of pyridine rings is 1. The lowest BCUT2D eigenvalue weighted by Gasteiger charge is -2.24. The molecule has 0 spiro atoms. The average Bonchev–Trinajstić information content (AvgIpc) is 2.43. The molecule has 0 radical (unpaired) electrons. The summed E-state index contributed by atoms with van der Waals surface area (Å²) in [6, 6.07) is 5.54. The van der Waals surface area contributed by atoms with Crippen LogP contribution in [-0.4, -0.2) is 31.2 Å². The van der Waals surface area contributed by atoms with Crippen LogP contribution in [0.25, 0.3) is 0 Å². The maximum atomic E-state index is 11.7. The molecule has 0 aliphatic heterocycles. The fourth-order valence-corrected chi connectivity index (χ4v) is 1.65. The fourth-order valence-electron chi connectivity index (χ4n) is 1.65. The molecule has 1 rings (SSSR count). The molecular formula is C13H17N3O2. The van der Waals surface area contributed by atoms with Gasteiger partial charge in [0.2, 0.25) is 0 Å². The van der Waals surface area contributed by atoms with Crippen LogP contribution in [0.1, 0.15) is 24.2 Å². The van der Waals surface area contributed by atoms with E-state index in [1.807, 2.05) is 18.7 Å². The van der Waals surface area contributed by atoms with Crippen molar-refractivity contribution in [3.63, 3.8) is 0 Å². The highest BCUT2D eigenvalue weighted by atomic mass is 16.5. The molecule has 18 heavy (non-hydrogen) atoms. The lowest BCUT2D eigenvalue weighted by Crippen LogP contribution is -2.30. The minimum atomic E-state index is -0.416. The van der Waals surface area contributed by atoms with Gasteiger partial charge in [-0.3, -0.25) is 0 Å². The molecule has 5 nitrogen and oxygen atoms in total. The molecule has 0 aliphatic rings. The van der Waals surface area contributed by atoms with Gasteiger partial charge in [-0.15, -0.1) is 0 Å². The number of hydrogen-bond donors (Lipinski definition) is 0. The second-order valence-electron chi connectivity index (χ2n) is 3.93. The molecule has 1 heterocycles. The normalized spacial score (nSPS) is 11.4. The van der Waals surface area contributed by atoms with Crippen molar-refractivity contribution in [1.82, 2.24) is 4.98 Å². The molecule has 0 saturated heterocycles. The third-order valence-corrected chi connectivity index (χ3v) is 2.59. The molecule has 0 saturated carbocycles. The summed E-state index contributed by atoms with van der Waals surface area (Å²) >= 11 is 0. The highest BCUT2D eigenvalue weighted by Crippen LogP contribution is 2.19. The molecule has 5 heteroatoms. The van der Waals surface area contributed by atoms with E-state index in [-0.39, 0.29) is 5.92 Å². The summed E-state index contributed by atoms with van der Waals surface area (Å²) in [5.74, 6) is 0.0209. The Hall–Kier alpha value is -2.09. The highest BCUT2D eigenvalue weighted by Gasteiger charge is 2.18. The largest absolute Gasteiger partial charge is 0.465 e. The fraction of sp³-hybridized carbons (Fsp3) is 0.462. The van der Waals surface area contributed by atoms with E-state index in [4.69, 9.17) is 10.00 Å². The Balaban J connectivity index is 3.06. The van der Waals surface area contributed by atoms with Gasteiger partial charge in [0, 0.05) is 19.3 Å². The minimum Gasteiger partial charge on any atom is -0.465 e. The van der Waals surface area contributed by atoms with Crippen LogP contribution in [0.5, 0.6) is 0 Å². The molecule has 0 amide bonds. The summed E-state index contributed by atoms with van der Waals surface area (Å²) in [4.78, 5) is 17.8. The van der Waals surface area contributed by atoms with Crippen molar-refractivity contribution in [1.29, 1.82) is 5.26 Å². The van der Waals surface area contributed by atoms with Crippen LogP contribution in [0.4, 0.5) is 5.82 Å². The van der Waals surface area contributed by atoms with Crippen molar-refractivity contribution in [3.05, 3.63) is 23.9 Å². The van der Waals surface area contributed by atoms with Crippen molar-refractivity contribution in [3.8, 4) is 6.07 Å².